The second kappa shape index (κ2) is 4.55. The van der Waals surface area contributed by atoms with Gasteiger partial charge < -0.3 is 5.11 Å². The van der Waals surface area contributed by atoms with Gasteiger partial charge in [0.25, 0.3) is 0 Å². The standard InChI is InChI=1S/C11H10OS2/c12-10(11-4-2-8-14-11)6-5-9-3-1-7-13-9/h1-8,10,12H/b6-5+. The predicted octanol–water partition coefficient (Wildman–Crippen LogP) is 3.56. The molecule has 1 atom stereocenters. The van der Waals surface area contributed by atoms with Crippen molar-refractivity contribution in [1.82, 2.24) is 0 Å². The Morgan fingerprint density at radius 1 is 1.14 bits per heavy atom. The molecule has 0 bridgehead atoms. The van der Waals surface area contributed by atoms with Crippen LogP contribution < -0.4 is 0 Å². The van der Waals surface area contributed by atoms with E-state index in [1.807, 2.05) is 47.2 Å². The average molecular weight is 222 g/mol. The molecule has 0 radical (unpaired) electrons. The van der Waals surface area contributed by atoms with Gasteiger partial charge >= 0.3 is 0 Å². The fraction of sp³-hybridized carbons (Fsp3) is 0.0909. The van der Waals surface area contributed by atoms with Crippen LogP contribution in [0.2, 0.25) is 0 Å². The van der Waals surface area contributed by atoms with E-state index >= 15 is 0 Å². The molecule has 2 rings (SSSR count). The Kier molecular flexibility index (Phi) is 3.14. The number of aliphatic hydroxyl groups excluding tert-OH is 1. The van der Waals surface area contributed by atoms with Crippen LogP contribution in [-0.4, -0.2) is 5.11 Å². The Balaban J connectivity index is 2.05. The van der Waals surface area contributed by atoms with Crippen LogP contribution in [0.5, 0.6) is 0 Å². The fourth-order valence-electron chi connectivity index (χ4n) is 1.13. The van der Waals surface area contributed by atoms with Gasteiger partial charge in [-0.25, -0.2) is 0 Å². The van der Waals surface area contributed by atoms with Crippen LogP contribution in [0.4, 0.5) is 0 Å². The molecule has 1 nitrogen and oxygen atoms in total. The van der Waals surface area contributed by atoms with Gasteiger partial charge in [0.05, 0.1) is 0 Å². The molecule has 0 aliphatic rings. The highest BCUT2D eigenvalue weighted by Gasteiger charge is 2.02. The van der Waals surface area contributed by atoms with Crippen molar-refractivity contribution in [3.63, 3.8) is 0 Å². The van der Waals surface area contributed by atoms with Crippen LogP contribution in [0.3, 0.4) is 0 Å². The zero-order chi connectivity index (χ0) is 9.80. The lowest BCUT2D eigenvalue weighted by Gasteiger charge is -1.99. The van der Waals surface area contributed by atoms with E-state index in [-0.39, 0.29) is 0 Å². The lowest BCUT2D eigenvalue weighted by molar-refractivity contribution is 0.233. The Morgan fingerprint density at radius 2 is 1.93 bits per heavy atom. The van der Waals surface area contributed by atoms with Crippen molar-refractivity contribution in [2.45, 2.75) is 6.10 Å². The van der Waals surface area contributed by atoms with Crippen molar-refractivity contribution in [2.24, 2.45) is 0 Å². The molecule has 14 heavy (non-hydrogen) atoms. The van der Waals surface area contributed by atoms with E-state index in [4.69, 9.17) is 0 Å². The molecule has 0 saturated heterocycles. The topological polar surface area (TPSA) is 20.2 Å². The maximum atomic E-state index is 9.74. The van der Waals surface area contributed by atoms with Gasteiger partial charge in [-0.3, -0.25) is 0 Å². The summed E-state index contributed by atoms with van der Waals surface area (Å²) in [4.78, 5) is 2.15. The minimum atomic E-state index is -0.475. The third-order valence-electron chi connectivity index (χ3n) is 1.82. The summed E-state index contributed by atoms with van der Waals surface area (Å²) in [7, 11) is 0. The number of rotatable bonds is 3. The van der Waals surface area contributed by atoms with Crippen LogP contribution in [0, 0.1) is 0 Å². The van der Waals surface area contributed by atoms with E-state index in [0.717, 1.165) is 4.88 Å². The summed E-state index contributed by atoms with van der Waals surface area (Å²) in [6, 6.07) is 7.92. The molecular formula is C11H10OS2. The molecule has 1 N–H and O–H groups in total. The van der Waals surface area contributed by atoms with Crippen molar-refractivity contribution in [1.29, 1.82) is 0 Å². The summed E-state index contributed by atoms with van der Waals surface area (Å²) in [5.74, 6) is 0. The molecule has 2 heterocycles. The third kappa shape index (κ3) is 2.32. The van der Waals surface area contributed by atoms with Crippen molar-refractivity contribution < 1.29 is 5.11 Å². The van der Waals surface area contributed by atoms with Crippen molar-refractivity contribution in [3.8, 4) is 0 Å². The minimum absolute atomic E-state index is 0.475. The van der Waals surface area contributed by atoms with E-state index in [0.29, 0.717) is 0 Å². The second-order valence-electron chi connectivity index (χ2n) is 2.83. The zero-order valence-electron chi connectivity index (χ0n) is 7.46. The maximum Gasteiger partial charge on any atom is 0.107 e. The average Bonchev–Trinajstić information content (AvgIpc) is 2.87. The summed E-state index contributed by atoms with van der Waals surface area (Å²) in [6.07, 6.45) is 3.30. The van der Waals surface area contributed by atoms with Gasteiger partial charge in [0, 0.05) is 9.75 Å². The predicted molar refractivity (Wildman–Crippen MR) is 62.6 cm³/mol. The first kappa shape index (κ1) is 9.65. The molecule has 0 amide bonds. The van der Waals surface area contributed by atoms with Crippen LogP contribution in [0.25, 0.3) is 6.08 Å². The van der Waals surface area contributed by atoms with E-state index in [1.54, 1.807) is 22.7 Å². The molecule has 3 heteroatoms. The van der Waals surface area contributed by atoms with Gasteiger partial charge in [0.1, 0.15) is 6.10 Å². The van der Waals surface area contributed by atoms with E-state index in [1.165, 1.54) is 4.88 Å². The Labute approximate surface area is 91.0 Å². The molecule has 2 aromatic heterocycles. The summed E-state index contributed by atoms with van der Waals surface area (Å²) >= 11 is 3.24. The quantitative estimate of drug-likeness (QED) is 0.842. The summed E-state index contributed by atoms with van der Waals surface area (Å²) in [5.41, 5.74) is 0. The lowest BCUT2D eigenvalue weighted by Crippen LogP contribution is -1.87. The molecule has 0 spiro atoms. The number of thiophene rings is 2. The first-order valence-electron chi connectivity index (χ1n) is 4.29. The molecule has 2 aromatic rings. The smallest absolute Gasteiger partial charge is 0.107 e. The SMILES string of the molecule is OC(/C=C/c1cccs1)c1cccs1. The number of hydrogen-bond donors (Lipinski definition) is 1. The fourth-order valence-corrected chi connectivity index (χ4v) is 2.44. The number of hydrogen-bond acceptors (Lipinski definition) is 3. The molecule has 0 aliphatic carbocycles. The minimum Gasteiger partial charge on any atom is -0.383 e. The molecule has 72 valence electrons. The summed E-state index contributed by atoms with van der Waals surface area (Å²) in [6.45, 7) is 0. The van der Waals surface area contributed by atoms with Crippen molar-refractivity contribution in [2.75, 3.05) is 0 Å². The van der Waals surface area contributed by atoms with Gasteiger partial charge in [0.15, 0.2) is 0 Å². The molecule has 0 saturated carbocycles. The van der Waals surface area contributed by atoms with Crippen LogP contribution in [0.1, 0.15) is 15.9 Å². The van der Waals surface area contributed by atoms with Crippen LogP contribution >= 0.6 is 22.7 Å². The highest BCUT2D eigenvalue weighted by molar-refractivity contribution is 7.11. The monoisotopic (exact) mass is 222 g/mol. The Morgan fingerprint density at radius 3 is 2.57 bits per heavy atom. The van der Waals surface area contributed by atoms with Gasteiger partial charge in [-0.15, -0.1) is 22.7 Å². The lowest BCUT2D eigenvalue weighted by atomic mass is 10.2. The van der Waals surface area contributed by atoms with E-state index < -0.39 is 6.10 Å². The number of aliphatic hydroxyl groups is 1. The third-order valence-corrected chi connectivity index (χ3v) is 3.60. The van der Waals surface area contributed by atoms with E-state index in [9.17, 15) is 5.11 Å². The highest BCUT2D eigenvalue weighted by atomic mass is 32.1. The van der Waals surface area contributed by atoms with Crippen molar-refractivity contribution >= 4 is 28.7 Å². The van der Waals surface area contributed by atoms with Crippen molar-refractivity contribution in [3.05, 3.63) is 50.9 Å². The molecule has 0 aliphatic heterocycles. The van der Waals surface area contributed by atoms with Gasteiger partial charge in [-0.1, -0.05) is 12.1 Å². The first-order valence-corrected chi connectivity index (χ1v) is 6.05. The highest BCUT2D eigenvalue weighted by Crippen LogP contribution is 2.21. The largest absolute Gasteiger partial charge is 0.383 e. The van der Waals surface area contributed by atoms with Gasteiger partial charge in [0.2, 0.25) is 0 Å². The van der Waals surface area contributed by atoms with Crippen LogP contribution in [0.15, 0.2) is 41.1 Å². The molecule has 0 fully saturated rings. The zero-order valence-corrected chi connectivity index (χ0v) is 9.09. The molecule has 0 aromatic carbocycles. The molecular weight excluding hydrogens is 212 g/mol. The second-order valence-corrected chi connectivity index (χ2v) is 4.79. The normalized spacial score (nSPS) is 13.5. The summed E-state index contributed by atoms with van der Waals surface area (Å²) < 4.78 is 0. The Hall–Kier alpha value is -0.900. The van der Waals surface area contributed by atoms with Crippen LogP contribution in [-0.2, 0) is 0 Å². The summed E-state index contributed by atoms with van der Waals surface area (Å²) in [5, 5.41) is 13.7. The van der Waals surface area contributed by atoms with Gasteiger partial charge in [-0.05, 0) is 35.0 Å². The maximum absolute atomic E-state index is 9.74. The molecule has 1 unspecified atom stereocenters. The van der Waals surface area contributed by atoms with E-state index in [2.05, 4.69) is 0 Å². The van der Waals surface area contributed by atoms with Gasteiger partial charge in [-0.2, -0.15) is 0 Å². The Bertz CT molecular complexity index is 387. The first-order chi connectivity index (χ1) is 6.86.